The average Bonchev–Trinajstić information content (AvgIpc) is 2.42. The van der Waals surface area contributed by atoms with E-state index in [1.165, 1.54) is 0 Å². The highest BCUT2D eigenvalue weighted by Crippen LogP contribution is 2.40. The summed E-state index contributed by atoms with van der Waals surface area (Å²) in [6, 6.07) is 0.426. The first kappa shape index (κ1) is 12.8. The van der Waals surface area contributed by atoms with Crippen LogP contribution in [0, 0.1) is 5.41 Å². The first-order valence-electron chi connectivity index (χ1n) is 6.98. The number of rotatable bonds is 3. The minimum atomic E-state index is -0.776. The van der Waals surface area contributed by atoms with Gasteiger partial charge in [0.15, 0.2) is 0 Å². The third-order valence-corrected chi connectivity index (χ3v) is 4.24. The molecule has 104 valence electrons. The molecule has 1 unspecified atom stereocenters. The van der Waals surface area contributed by atoms with Gasteiger partial charge >= 0.3 is 0 Å². The van der Waals surface area contributed by atoms with Gasteiger partial charge in [-0.05, 0) is 6.92 Å². The Morgan fingerprint density at radius 3 is 2.22 bits per heavy atom. The number of piperazine rings is 1. The molecule has 0 aromatic heterocycles. The lowest BCUT2D eigenvalue weighted by Gasteiger charge is -2.51. The normalized spacial score (nSPS) is 43.0. The predicted octanol–water partition coefficient (Wildman–Crippen LogP) is 0.407. The molecule has 4 fully saturated rings. The molecule has 5 heteroatoms. The van der Waals surface area contributed by atoms with E-state index in [2.05, 4.69) is 24.1 Å². The molecule has 1 N–H and O–H groups in total. The van der Waals surface area contributed by atoms with Crippen LogP contribution in [-0.4, -0.2) is 62.9 Å². The van der Waals surface area contributed by atoms with Crippen LogP contribution in [-0.2, 0) is 14.2 Å². The summed E-state index contributed by atoms with van der Waals surface area (Å²) < 4.78 is 17.5. The van der Waals surface area contributed by atoms with Crippen molar-refractivity contribution in [2.45, 2.75) is 32.3 Å². The fourth-order valence-corrected chi connectivity index (χ4v) is 2.89. The Morgan fingerprint density at radius 1 is 1.11 bits per heavy atom. The Morgan fingerprint density at radius 2 is 1.67 bits per heavy atom. The minimum absolute atomic E-state index is 0.0556. The summed E-state index contributed by atoms with van der Waals surface area (Å²) in [4.78, 5) is 2.48. The fourth-order valence-electron chi connectivity index (χ4n) is 2.89. The topological polar surface area (TPSA) is 43.0 Å². The van der Waals surface area contributed by atoms with Gasteiger partial charge in [-0.3, -0.25) is 4.90 Å². The molecular formula is C13H24N2O3. The van der Waals surface area contributed by atoms with Crippen molar-refractivity contribution in [1.29, 1.82) is 0 Å². The summed E-state index contributed by atoms with van der Waals surface area (Å²) in [6.07, 6.45) is 0.795. The zero-order valence-corrected chi connectivity index (χ0v) is 11.4. The van der Waals surface area contributed by atoms with Crippen molar-refractivity contribution in [3.05, 3.63) is 0 Å². The maximum absolute atomic E-state index is 5.84. The second-order valence-electron chi connectivity index (χ2n) is 6.20. The van der Waals surface area contributed by atoms with Gasteiger partial charge in [0.05, 0.1) is 19.8 Å². The van der Waals surface area contributed by atoms with E-state index >= 15 is 0 Å². The lowest BCUT2D eigenvalue weighted by molar-refractivity contribution is -0.469. The molecule has 0 radical (unpaired) electrons. The van der Waals surface area contributed by atoms with Gasteiger partial charge in [-0.2, -0.15) is 0 Å². The summed E-state index contributed by atoms with van der Waals surface area (Å²) in [5, 5.41) is 3.37. The summed E-state index contributed by atoms with van der Waals surface area (Å²) in [7, 11) is 0. The van der Waals surface area contributed by atoms with E-state index in [0.29, 0.717) is 6.04 Å². The van der Waals surface area contributed by atoms with Gasteiger partial charge in [0.25, 0.3) is 5.97 Å². The number of nitrogens with one attached hydrogen (secondary N) is 1. The van der Waals surface area contributed by atoms with Crippen molar-refractivity contribution in [3.8, 4) is 0 Å². The van der Waals surface area contributed by atoms with Crippen LogP contribution in [0.3, 0.4) is 0 Å². The first-order chi connectivity index (χ1) is 8.61. The van der Waals surface area contributed by atoms with E-state index in [9.17, 15) is 0 Å². The standard InChI is InChI=1S/C13H24N2O3/c1-11(15-5-3-14-4-6-15)7-13-16-8-12(2,9-17-13)10-18-13/h11,14H,3-10H2,1-2H3. The van der Waals surface area contributed by atoms with Gasteiger partial charge in [0, 0.05) is 44.1 Å². The monoisotopic (exact) mass is 256 g/mol. The number of hydrogen-bond donors (Lipinski definition) is 1. The molecule has 0 saturated carbocycles. The van der Waals surface area contributed by atoms with Crippen LogP contribution in [0.1, 0.15) is 20.3 Å². The van der Waals surface area contributed by atoms with Gasteiger partial charge in [-0.25, -0.2) is 0 Å². The van der Waals surface area contributed by atoms with Gasteiger partial charge in [0.1, 0.15) is 0 Å². The summed E-state index contributed by atoms with van der Waals surface area (Å²) in [5.41, 5.74) is 0.0556. The molecule has 1 atom stereocenters. The number of fused-ring (bicyclic) bond motifs is 3. The smallest absolute Gasteiger partial charge is 0.284 e. The molecule has 4 aliphatic rings. The van der Waals surface area contributed by atoms with E-state index < -0.39 is 5.97 Å². The first-order valence-corrected chi connectivity index (χ1v) is 6.98. The Balaban J connectivity index is 1.58. The Labute approximate surface area is 109 Å². The van der Waals surface area contributed by atoms with E-state index in [-0.39, 0.29) is 5.41 Å². The third-order valence-electron chi connectivity index (χ3n) is 4.24. The van der Waals surface area contributed by atoms with Crippen LogP contribution < -0.4 is 5.32 Å². The quantitative estimate of drug-likeness (QED) is 0.792. The molecule has 4 aliphatic heterocycles. The molecule has 0 aromatic carbocycles. The SMILES string of the molecule is CC(CC12OCC(C)(CO1)CO2)N1CCNCC1. The minimum Gasteiger partial charge on any atom is -0.327 e. The molecule has 4 rings (SSSR count). The Kier molecular flexibility index (Phi) is 3.36. The number of hydrogen-bond acceptors (Lipinski definition) is 5. The highest BCUT2D eigenvalue weighted by molar-refractivity contribution is 4.87. The molecule has 5 nitrogen and oxygen atoms in total. The summed E-state index contributed by atoms with van der Waals surface area (Å²) >= 11 is 0. The average molecular weight is 256 g/mol. The van der Waals surface area contributed by atoms with Crippen LogP contribution in [0.25, 0.3) is 0 Å². The molecule has 0 amide bonds. The second-order valence-corrected chi connectivity index (χ2v) is 6.20. The Hall–Kier alpha value is -0.200. The van der Waals surface area contributed by atoms with Crippen LogP contribution in [0.2, 0.25) is 0 Å². The number of ether oxygens (including phenoxy) is 3. The third kappa shape index (κ3) is 2.42. The lowest BCUT2D eigenvalue weighted by atomic mass is 9.91. The van der Waals surface area contributed by atoms with Crippen LogP contribution in [0.4, 0.5) is 0 Å². The van der Waals surface area contributed by atoms with Crippen molar-refractivity contribution in [1.82, 2.24) is 10.2 Å². The van der Waals surface area contributed by atoms with Crippen molar-refractivity contribution in [2.24, 2.45) is 5.41 Å². The second kappa shape index (κ2) is 4.72. The van der Waals surface area contributed by atoms with E-state index in [1.54, 1.807) is 0 Å². The van der Waals surface area contributed by atoms with E-state index in [0.717, 1.165) is 52.4 Å². The molecule has 18 heavy (non-hydrogen) atoms. The summed E-state index contributed by atoms with van der Waals surface area (Å²) in [6.45, 7) is 11.0. The molecule has 0 aliphatic carbocycles. The molecule has 0 spiro atoms. The van der Waals surface area contributed by atoms with Crippen molar-refractivity contribution in [2.75, 3.05) is 46.0 Å². The molecule has 4 heterocycles. The highest BCUT2D eigenvalue weighted by atomic mass is 16.9. The van der Waals surface area contributed by atoms with E-state index in [1.807, 2.05) is 0 Å². The van der Waals surface area contributed by atoms with Crippen LogP contribution >= 0.6 is 0 Å². The zero-order valence-electron chi connectivity index (χ0n) is 11.4. The zero-order chi connectivity index (χ0) is 12.6. The van der Waals surface area contributed by atoms with E-state index in [4.69, 9.17) is 14.2 Å². The number of nitrogens with zero attached hydrogens (tertiary/aromatic N) is 1. The molecule has 4 saturated heterocycles. The summed E-state index contributed by atoms with van der Waals surface area (Å²) in [5.74, 6) is -0.776. The fraction of sp³-hybridized carbons (Fsp3) is 1.00. The van der Waals surface area contributed by atoms with Gasteiger partial charge < -0.3 is 19.5 Å². The van der Waals surface area contributed by atoms with Crippen molar-refractivity contribution >= 4 is 0 Å². The van der Waals surface area contributed by atoms with Gasteiger partial charge in [-0.1, -0.05) is 6.92 Å². The van der Waals surface area contributed by atoms with Gasteiger partial charge in [0.2, 0.25) is 0 Å². The Bertz CT molecular complexity index is 280. The van der Waals surface area contributed by atoms with Crippen LogP contribution in [0.5, 0.6) is 0 Å². The molecular weight excluding hydrogens is 232 g/mol. The lowest BCUT2D eigenvalue weighted by Crippen LogP contribution is -2.61. The highest BCUT2D eigenvalue weighted by Gasteiger charge is 2.51. The predicted molar refractivity (Wildman–Crippen MR) is 67.2 cm³/mol. The molecule has 0 aromatic rings. The van der Waals surface area contributed by atoms with Crippen molar-refractivity contribution in [3.63, 3.8) is 0 Å². The van der Waals surface area contributed by atoms with Gasteiger partial charge in [-0.15, -0.1) is 0 Å². The maximum Gasteiger partial charge on any atom is 0.284 e. The van der Waals surface area contributed by atoms with Crippen molar-refractivity contribution < 1.29 is 14.2 Å². The van der Waals surface area contributed by atoms with Crippen LogP contribution in [0.15, 0.2) is 0 Å². The largest absolute Gasteiger partial charge is 0.327 e. The molecule has 2 bridgehead atoms. The maximum atomic E-state index is 5.84.